The summed E-state index contributed by atoms with van der Waals surface area (Å²) in [5.41, 5.74) is 9.93. The lowest BCUT2D eigenvalue weighted by molar-refractivity contribution is 0.797. The molecule has 0 amide bonds. The zero-order chi connectivity index (χ0) is 17.0. The second-order valence-electron chi connectivity index (χ2n) is 6.68. The SMILES string of the molecule is C=C/C=C1\C(=C)C2(c3ccccc31)c1ccccc1-c1ccccc12. The smallest absolute Gasteiger partial charge is 0.0719 e. The Bertz CT molecular complexity index is 1030. The third-order valence-corrected chi connectivity index (χ3v) is 5.64. The van der Waals surface area contributed by atoms with Gasteiger partial charge in [-0.05, 0) is 44.5 Å². The van der Waals surface area contributed by atoms with Crippen molar-refractivity contribution in [1.29, 1.82) is 0 Å². The van der Waals surface area contributed by atoms with E-state index < -0.39 is 0 Å². The number of fused-ring (bicyclic) bond motifs is 7. The van der Waals surface area contributed by atoms with Crippen LogP contribution >= 0.6 is 0 Å². The molecule has 0 bridgehead atoms. The average Bonchev–Trinajstić information content (AvgIpc) is 3.10. The first-order valence-corrected chi connectivity index (χ1v) is 8.62. The maximum atomic E-state index is 4.59. The molecule has 0 nitrogen and oxygen atoms in total. The second kappa shape index (κ2) is 4.94. The number of hydrogen-bond donors (Lipinski definition) is 0. The van der Waals surface area contributed by atoms with E-state index in [4.69, 9.17) is 0 Å². The van der Waals surface area contributed by atoms with Crippen LogP contribution in [0, 0.1) is 0 Å². The third-order valence-electron chi connectivity index (χ3n) is 5.64. The summed E-state index contributed by atoms with van der Waals surface area (Å²) in [5, 5.41) is 0. The lowest BCUT2D eigenvalue weighted by atomic mass is 9.71. The van der Waals surface area contributed by atoms with Crippen LogP contribution in [-0.2, 0) is 5.41 Å². The maximum absolute atomic E-state index is 4.59. The van der Waals surface area contributed by atoms with Crippen LogP contribution in [0.2, 0.25) is 0 Å². The van der Waals surface area contributed by atoms with Gasteiger partial charge in [0, 0.05) is 0 Å². The minimum absolute atomic E-state index is 0.293. The van der Waals surface area contributed by atoms with E-state index in [9.17, 15) is 0 Å². The Morgan fingerprint density at radius 1 is 0.640 bits per heavy atom. The van der Waals surface area contributed by atoms with Gasteiger partial charge in [-0.25, -0.2) is 0 Å². The van der Waals surface area contributed by atoms with Crippen LogP contribution in [-0.4, -0.2) is 0 Å². The van der Waals surface area contributed by atoms with Crippen molar-refractivity contribution in [3.8, 4) is 11.1 Å². The molecule has 0 saturated carbocycles. The quantitative estimate of drug-likeness (QED) is 0.505. The first kappa shape index (κ1) is 14.2. The number of rotatable bonds is 1. The third kappa shape index (κ3) is 1.57. The Morgan fingerprint density at radius 3 is 1.60 bits per heavy atom. The van der Waals surface area contributed by atoms with Crippen LogP contribution in [0.15, 0.2) is 104 Å². The van der Waals surface area contributed by atoms with Crippen molar-refractivity contribution in [2.45, 2.75) is 5.41 Å². The summed E-state index contributed by atoms with van der Waals surface area (Å²) >= 11 is 0. The summed E-state index contributed by atoms with van der Waals surface area (Å²) < 4.78 is 0. The van der Waals surface area contributed by atoms with E-state index in [1.165, 1.54) is 39.0 Å². The molecule has 0 atom stereocenters. The molecule has 0 fully saturated rings. The van der Waals surface area contributed by atoms with Gasteiger partial charge in [0.25, 0.3) is 0 Å². The highest BCUT2D eigenvalue weighted by Crippen LogP contribution is 2.62. The molecule has 25 heavy (non-hydrogen) atoms. The number of hydrogen-bond acceptors (Lipinski definition) is 0. The maximum Gasteiger partial charge on any atom is 0.0719 e. The molecule has 3 aromatic carbocycles. The monoisotopic (exact) mass is 318 g/mol. The molecular formula is C25H18. The van der Waals surface area contributed by atoms with Crippen LogP contribution in [0.25, 0.3) is 16.7 Å². The van der Waals surface area contributed by atoms with Crippen LogP contribution in [0.4, 0.5) is 0 Å². The molecule has 3 aromatic rings. The van der Waals surface area contributed by atoms with E-state index in [0.29, 0.717) is 0 Å². The van der Waals surface area contributed by atoms with E-state index in [2.05, 4.69) is 92.0 Å². The predicted molar refractivity (Wildman–Crippen MR) is 106 cm³/mol. The first-order chi connectivity index (χ1) is 12.3. The van der Waals surface area contributed by atoms with E-state index in [1.54, 1.807) is 0 Å². The van der Waals surface area contributed by atoms with Crippen LogP contribution < -0.4 is 0 Å². The molecule has 0 unspecified atom stereocenters. The van der Waals surface area contributed by atoms with Gasteiger partial charge in [-0.2, -0.15) is 0 Å². The van der Waals surface area contributed by atoms with Gasteiger partial charge in [-0.3, -0.25) is 0 Å². The molecule has 2 aliphatic rings. The van der Waals surface area contributed by atoms with Gasteiger partial charge in [0.15, 0.2) is 0 Å². The molecule has 1 spiro atoms. The Balaban J connectivity index is 1.99. The van der Waals surface area contributed by atoms with Gasteiger partial charge in [0.1, 0.15) is 0 Å². The molecular weight excluding hydrogens is 300 g/mol. The fourth-order valence-corrected chi connectivity index (χ4v) is 4.73. The standard InChI is InChI=1S/C25H18/c1-3-10-18-17(2)25(22-14-7-4-11-19(18)22)23-15-8-5-12-20(23)21-13-6-9-16-24(21)25/h3-16H,1-2H2/b18-10+. The van der Waals surface area contributed by atoms with Crippen molar-refractivity contribution in [3.63, 3.8) is 0 Å². The van der Waals surface area contributed by atoms with Crippen molar-refractivity contribution in [2.75, 3.05) is 0 Å². The molecule has 2 aliphatic carbocycles. The average molecular weight is 318 g/mol. The summed E-state index contributed by atoms with van der Waals surface area (Å²) in [5.74, 6) is 0. The summed E-state index contributed by atoms with van der Waals surface area (Å²) in [6, 6.07) is 26.2. The minimum Gasteiger partial charge on any atom is -0.0990 e. The van der Waals surface area contributed by atoms with Gasteiger partial charge in [0.2, 0.25) is 0 Å². The van der Waals surface area contributed by atoms with Crippen LogP contribution in [0.5, 0.6) is 0 Å². The molecule has 0 radical (unpaired) electrons. The zero-order valence-electron chi connectivity index (χ0n) is 14.0. The number of benzene rings is 3. The Hall–Kier alpha value is -3.12. The van der Waals surface area contributed by atoms with Crippen molar-refractivity contribution >= 4 is 5.57 Å². The van der Waals surface area contributed by atoms with Gasteiger partial charge in [-0.1, -0.05) is 98.1 Å². The first-order valence-electron chi connectivity index (χ1n) is 8.62. The molecule has 0 aliphatic heterocycles. The zero-order valence-corrected chi connectivity index (χ0v) is 14.0. The second-order valence-corrected chi connectivity index (χ2v) is 6.68. The van der Waals surface area contributed by atoms with E-state index in [1.807, 2.05) is 6.08 Å². The van der Waals surface area contributed by atoms with Gasteiger partial charge in [0.05, 0.1) is 5.41 Å². The predicted octanol–water partition coefficient (Wildman–Crippen LogP) is 6.14. The van der Waals surface area contributed by atoms with Gasteiger partial charge in [-0.15, -0.1) is 0 Å². The molecule has 118 valence electrons. The van der Waals surface area contributed by atoms with Crippen LogP contribution in [0.1, 0.15) is 22.3 Å². The Kier molecular flexibility index (Phi) is 2.81. The number of allylic oxidation sites excluding steroid dienone is 4. The lowest BCUT2D eigenvalue weighted by Gasteiger charge is -2.30. The molecule has 0 saturated heterocycles. The van der Waals surface area contributed by atoms with E-state index in [0.717, 1.165) is 5.57 Å². The summed E-state index contributed by atoms with van der Waals surface area (Å²) in [7, 11) is 0. The van der Waals surface area contributed by atoms with Crippen LogP contribution in [0.3, 0.4) is 0 Å². The van der Waals surface area contributed by atoms with Crippen molar-refractivity contribution < 1.29 is 0 Å². The molecule has 0 heteroatoms. The molecule has 5 rings (SSSR count). The summed E-state index contributed by atoms with van der Waals surface area (Å²) in [4.78, 5) is 0. The van der Waals surface area contributed by atoms with Gasteiger partial charge >= 0.3 is 0 Å². The van der Waals surface area contributed by atoms with E-state index >= 15 is 0 Å². The highest BCUT2D eigenvalue weighted by Gasteiger charge is 2.52. The Morgan fingerprint density at radius 2 is 1.08 bits per heavy atom. The fraction of sp³-hybridized carbons (Fsp3) is 0.0400. The molecule has 0 aromatic heterocycles. The highest BCUT2D eigenvalue weighted by atomic mass is 14.5. The lowest BCUT2D eigenvalue weighted by Crippen LogP contribution is -2.25. The molecule has 0 heterocycles. The minimum atomic E-state index is -0.293. The van der Waals surface area contributed by atoms with Gasteiger partial charge < -0.3 is 0 Å². The van der Waals surface area contributed by atoms with Crippen molar-refractivity contribution in [2.24, 2.45) is 0 Å². The molecule has 0 N–H and O–H groups in total. The fourth-order valence-electron chi connectivity index (χ4n) is 4.73. The normalized spacial score (nSPS) is 17.4. The van der Waals surface area contributed by atoms with Crippen molar-refractivity contribution in [1.82, 2.24) is 0 Å². The van der Waals surface area contributed by atoms with E-state index in [-0.39, 0.29) is 5.41 Å². The Labute approximate surface area is 148 Å². The summed E-state index contributed by atoms with van der Waals surface area (Å²) in [6.45, 7) is 8.50. The largest absolute Gasteiger partial charge is 0.0990 e. The van der Waals surface area contributed by atoms with Crippen molar-refractivity contribution in [3.05, 3.63) is 126 Å². The highest BCUT2D eigenvalue weighted by molar-refractivity contribution is 5.99. The summed E-state index contributed by atoms with van der Waals surface area (Å²) in [6.07, 6.45) is 3.96. The topological polar surface area (TPSA) is 0 Å².